The number of aromatic nitrogens is 1. The lowest BCUT2D eigenvalue weighted by atomic mass is 9.89. The molecule has 0 radical (unpaired) electrons. The Morgan fingerprint density at radius 2 is 1.79 bits per heavy atom. The van der Waals surface area contributed by atoms with Gasteiger partial charge in [-0.2, -0.15) is 0 Å². The Balaban J connectivity index is 2.49. The van der Waals surface area contributed by atoms with E-state index in [1.54, 1.807) is 0 Å². The minimum Gasteiger partial charge on any atom is -0.398 e. The predicted octanol–water partition coefficient (Wildman–Crippen LogP) is 4.20. The number of hydrogen-bond acceptors (Lipinski definition) is 3. The Morgan fingerprint density at radius 3 is 2.42 bits per heavy atom. The second-order valence-electron chi connectivity index (χ2n) is 5.07. The SMILES string of the molecule is CCC(CC)(CC)Nc1ccc(N)c2cccnc12. The maximum Gasteiger partial charge on any atom is 0.0954 e. The van der Waals surface area contributed by atoms with Crippen molar-refractivity contribution in [2.24, 2.45) is 0 Å². The fraction of sp³-hybridized carbons (Fsp3) is 0.438. The molecule has 1 aromatic carbocycles. The van der Waals surface area contributed by atoms with Gasteiger partial charge in [-0.25, -0.2) is 0 Å². The summed E-state index contributed by atoms with van der Waals surface area (Å²) in [5.41, 5.74) is 8.98. The molecule has 0 fully saturated rings. The molecule has 3 nitrogen and oxygen atoms in total. The van der Waals surface area contributed by atoms with E-state index in [4.69, 9.17) is 5.73 Å². The van der Waals surface area contributed by atoms with Gasteiger partial charge >= 0.3 is 0 Å². The Kier molecular flexibility index (Phi) is 3.93. The molecule has 2 rings (SSSR count). The molecule has 0 saturated carbocycles. The summed E-state index contributed by atoms with van der Waals surface area (Å²) < 4.78 is 0. The van der Waals surface area contributed by atoms with Crippen LogP contribution < -0.4 is 11.1 Å². The molecule has 0 amide bonds. The molecule has 0 aliphatic carbocycles. The van der Waals surface area contributed by atoms with Crippen LogP contribution in [0.2, 0.25) is 0 Å². The van der Waals surface area contributed by atoms with Gasteiger partial charge in [0.25, 0.3) is 0 Å². The highest BCUT2D eigenvalue weighted by Crippen LogP contribution is 2.31. The van der Waals surface area contributed by atoms with Crippen LogP contribution in [-0.4, -0.2) is 10.5 Å². The number of nitrogen functional groups attached to an aromatic ring is 1. The summed E-state index contributed by atoms with van der Waals surface area (Å²) in [6, 6.07) is 7.95. The number of hydrogen-bond donors (Lipinski definition) is 2. The van der Waals surface area contributed by atoms with Crippen molar-refractivity contribution in [3.05, 3.63) is 30.5 Å². The molecule has 0 bridgehead atoms. The lowest BCUT2D eigenvalue weighted by Crippen LogP contribution is -2.36. The lowest BCUT2D eigenvalue weighted by molar-refractivity contribution is 0.421. The Hall–Kier alpha value is -1.77. The van der Waals surface area contributed by atoms with Crippen LogP contribution >= 0.6 is 0 Å². The van der Waals surface area contributed by atoms with Crippen LogP contribution in [0.5, 0.6) is 0 Å². The van der Waals surface area contributed by atoms with E-state index < -0.39 is 0 Å². The summed E-state index contributed by atoms with van der Waals surface area (Å²) in [6.45, 7) is 6.69. The molecule has 1 aromatic heterocycles. The molecule has 0 atom stereocenters. The minimum absolute atomic E-state index is 0.139. The molecule has 0 aliphatic heterocycles. The van der Waals surface area contributed by atoms with Crippen LogP contribution in [0.1, 0.15) is 40.0 Å². The molecule has 0 aliphatic rings. The third-order valence-corrected chi connectivity index (χ3v) is 4.23. The third-order valence-electron chi connectivity index (χ3n) is 4.23. The van der Waals surface area contributed by atoms with Gasteiger partial charge in [-0.1, -0.05) is 20.8 Å². The van der Waals surface area contributed by atoms with Crippen molar-refractivity contribution in [1.82, 2.24) is 4.98 Å². The highest BCUT2D eigenvalue weighted by atomic mass is 15.0. The normalized spacial score (nSPS) is 11.7. The molecule has 3 N–H and O–H groups in total. The van der Waals surface area contributed by atoms with Gasteiger partial charge in [-0.3, -0.25) is 4.98 Å². The molecule has 1 heterocycles. The summed E-state index contributed by atoms with van der Waals surface area (Å²) in [5.74, 6) is 0. The molecule has 0 spiro atoms. The van der Waals surface area contributed by atoms with Crippen molar-refractivity contribution >= 4 is 22.3 Å². The third kappa shape index (κ3) is 2.50. The number of pyridine rings is 1. The van der Waals surface area contributed by atoms with E-state index in [1.165, 1.54) is 0 Å². The minimum atomic E-state index is 0.139. The first-order valence-electron chi connectivity index (χ1n) is 7.07. The van der Waals surface area contributed by atoms with E-state index in [0.717, 1.165) is 41.5 Å². The van der Waals surface area contributed by atoms with Crippen molar-refractivity contribution in [1.29, 1.82) is 0 Å². The molecule has 102 valence electrons. The largest absolute Gasteiger partial charge is 0.398 e. The smallest absolute Gasteiger partial charge is 0.0954 e. The zero-order chi connectivity index (χ0) is 13.9. The van der Waals surface area contributed by atoms with Gasteiger partial charge in [-0.15, -0.1) is 0 Å². The first kappa shape index (κ1) is 13.7. The summed E-state index contributed by atoms with van der Waals surface area (Å²) in [5, 5.41) is 4.71. The van der Waals surface area contributed by atoms with E-state index in [2.05, 4.69) is 31.1 Å². The first-order chi connectivity index (χ1) is 9.15. The van der Waals surface area contributed by atoms with E-state index in [1.807, 2.05) is 30.5 Å². The number of rotatable bonds is 5. The maximum atomic E-state index is 6.02. The topological polar surface area (TPSA) is 50.9 Å². The maximum absolute atomic E-state index is 6.02. The Morgan fingerprint density at radius 1 is 1.11 bits per heavy atom. The second-order valence-corrected chi connectivity index (χ2v) is 5.07. The molecule has 19 heavy (non-hydrogen) atoms. The highest BCUT2D eigenvalue weighted by Gasteiger charge is 2.24. The van der Waals surface area contributed by atoms with Gasteiger partial charge in [0, 0.05) is 22.8 Å². The fourth-order valence-corrected chi connectivity index (χ4v) is 2.60. The standard InChI is InChI=1S/C16H23N3/c1-4-16(5-2,6-3)19-14-10-9-13(17)12-8-7-11-18-15(12)14/h7-11,19H,4-6,17H2,1-3H3. The van der Waals surface area contributed by atoms with Crippen LogP contribution in [0, 0.1) is 0 Å². The number of benzene rings is 1. The molecular weight excluding hydrogens is 234 g/mol. The van der Waals surface area contributed by atoms with Gasteiger partial charge in [0.05, 0.1) is 11.2 Å². The van der Waals surface area contributed by atoms with Crippen molar-refractivity contribution < 1.29 is 0 Å². The van der Waals surface area contributed by atoms with Crippen molar-refractivity contribution in [2.45, 2.75) is 45.6 Å². The second kappa shape index (κ2) is 5.47. The monoisotopic (exact) mass is 257 g/mol. The summed E-state index contributed by atoms with van der Waals surface area (Å²) in [7, 11) is 0. The van der Waals surface area contributed by atoms with E-state index in [9.17, 15) is 0 Å². The molecule has 0 saturated heterocycles. The Labute approximate surface area is 115 Å². The van der Waals surface area contributed by atoms with E-state index in [0.29, 0.717) is 0 Å². The van der Waals surface area contributed by atoms with Crippen LogP contribution in [-0.2, 0) is 0 Å². The van der Waals surface area contributed by atoms with Crippen molar-refractivity contribution in [3.63, 3.8) is 0 Å². The molecule has 2 aromatic rings. The number of nitrogens with one attached hydrogen (secondary N) is 1. The Bertz CT molecular complexity index is 551. The number of nitrogens with zero attached hydrogens (tertiary/aromatic N) is 1. The highest BCUT2D eigenvalue weighted by molar-refractivity contribution is 5.98. The average molecular weight is 257 g/mol. The zero-order valence-corrected chi connectivity index (χ0v) is 12.0. The van der Waals surface area contributed by atoms with Gasteiger partial charge < -0.3 is 11.1 Å². The quantitative estimate of drug-likeness (QED) is 0.789. The average Bonchev–Trinajstić information content (AvgIpc) is 2.48. The van der Waals surface area contributed by atoms with Crippen LogP contribution in [0.25, 0.3) is 10.9 Å². The number of nitrogens with two attached hydrogens (primary N) is 1. The zero-order valence-electron chi connectivity index (χ0n) is 12.0. The predicted molar refractivity (Wildman–Crippen MR) is 83.4 cm³/mol. The summed E-state index contributed by atoms with van der Waals surface area (Å²) in [6.07, 6.45) is 5.11. The molecule has 0 unspecified atom stereocenters. The van der Waals surface area contributed by atoms with E-state index in [-0.39, 0.29) is 5.54 Å². The molecule has 3 heteroatoms. The van der Waals surface area contributed by atoms with E-state index >= 15 is 0 Å². The lowest BCUT2D eigenvalue weighted by Gasteiger charge is -2.33. The fourth-order valence-electron chi connectivity index (χ4n) is 2.60. The van der Waals surface area contributed by atoms with Crippen molar-refractivity contribution in [2.75, 3.05) is 11.1 Å². The number of anilines is 2. The first-order valence-corrected chi connectivity index (χ1v) is 7.07. The van der Waals surface area contributed by atoms with Gasteiger partial charge in [-0.05, 0) is 43.5 Å². The number of fused-ring (bicyclic) bond motifs is 1. The summed E-state index contributed by atoms with van der Waals surface area (Å²) >= 11 is 0. The van der Waals surface area contributed by atoms with Crippen LogP contribution in [0.15, 0.2) is 30.5 Å². The van der Waals surface area contributed by atoms with Gasteiger partial charge in [0.1, 0.15) is 0 Å². The van der Waals surface area contributed by atoms with Crippen molar-refractivity contribution in [3.8, 4) is 0 Å². The van der Waals surface area contributed by atoms with Crippen LogP contribution in [0.3, 0.4) is 0 Å². The van der Waals surface area contributed by atoms with Crippen LogP contribution in [0.4, 0.5) is 11.4 Å². The van der Waals surface area contributed by atoms with Gasteiger partial charge in [0.15, 0.2) is 0 Å². The molecular formula is C16H23N3. The van der Waals surface area contributed by atoms with Gasteiger partial charge in [0.2, 0.25) is 0 Å². The summed E-state index contributed by atoms with van der Waals surface area (Å²) in [4.78, 5) is 4.49.